The molecular formula is C12H24O. The van der Waals surface area contributed by atoms with Gasteiger partial charge in [-0.15, -0.1) is 0 Å². The Morgan fingerprint density at radius 2 is 1.92 bits per heavy atom. The van der Waals surface area contributed by atoms with Gasteiger partial charge in [-0.2, -0.15) is 0 Å². The van der Waals surface area contributed by atoms with Gasteiger partial charge in [-0.05, 0) is 19.8 Å². The fourth-order valence-electron chi connectivity index (χ4n) is 1.75. The zero-order valence-corrected chi connectivity index (χ0v) is 9.34. The molecule has 0 aromatic heterocycles. The molecule has 0 fully saturated rings. The van der Waals surface area contributed by atoms with Gasteiger partial charge in [0.05, 0.1) is 6.10 Å². The molecule has 1 heteroatoms. The first kappa shape index (κ1) is 12.7. The minimum Gasteiger partial charge on any atom is -0.393 e. The summed E-state index contributed by atoms with van der Waals surface area (Å²) in [5.41, 5.74) is 1.12. The van der Waals surface area contributed by atoms with Crippen LogP contribution in [0.3, 0.4) is 0 Å². The molecule has 0 saturated heterocycles. The van der Waals surface area contributed by atoms with E-state index in [1.807, 2.05) is 6.92 Å². The van der Waals surface area contributed by atoms with Gasteiger partial charge in [0.1, 0.15) is 0 Å². The quantitative estimate of drug-likeness (QED) is 0.474. The normalized spacial score (nSPS) is 15.4. The predicted octanol–water partition coefficient (Wildman–Crippen LogP) is 3.53. The lowest BCUT2D eigenvalue weighted by molar-refractivity contribution is 0.111. The summed E-state index contributed by atoms with van der Waals surface area (Å²) in [5.74, 6) is 0.303. The molecule has 1 nitrogen and oxygen atoms in total. The van der Waals surface area contributed by atoms with Crippen LogP contribution in [-0.2, 0) is 0 Å². The summed E-state index contributed by atoms with van der Waals surface area (Å²) in [6.07, 6.45) is 5.35. The molecule has 0 aliphatic rings. The minimum absolute atomic E-state index is 0.172. The Morgan fingerprint density at radius 3 is 2.31 bits per heavy atom. The van der Waals surface area contributed by atoms with Crippen molar-refractivity contribution in [1.82, 2.24) is 0 Å². The number of unbranched alkanes of at least 4 members (excludes halogenated alkanes) is 2. The van der Waals surface area contributed by atoms with Crippen LogP contribution in [0.2, 0.25) is 0 Å². The predicted molar refractivity (Wildman–Crippen MR) is 58.7 cm³/mol. The molecule has 0 aromatic carbocycles. The Hall–Kier alpha value is -0.300. The molecule has 0 saturated carbocycles. The molecule has 2 unspecified atom stereocenters. The smallest absolute Gasteiger partial charge is 0.0605 e. The summed E-state index contributed by atoms with van der Waals surface area (Å²) in [6.45, 7) is 10.2. The topological polar surface area (TPSA) is 20.2 Å². The zero-order chi connectivity index (χ0) is 10.3. The summed E-state index contributed by atoms with van der Waals surface area (Å²) >= 11 is 0. The van der Waals surface area contributed by atoms with E-state index in [1.165, 1.54) is 12.8 Å². The van der Waals surface area contributed by atoms with E-state index >= 15 is 0 Å². The molecule has 0 spiro atoms. The van der Waals surface area contributed by atoms with Crippen LogP contribution in [0.25, 0.3) is 0 Å². The first-order valence-corrected chi connectivity index (χ1v) is 5.46. The van der Waals surface area contributed by atoms with Gasteiger partial charge in [-0.25, -0.2) is 0 Å². The van der Waals surface area contributed by atoms with Gasteiger partial charge in [0, 0.05) is 5.92 Å². The highest BCUT2D eigenvalue weighted by molar-refractivity contribution is 4.98. The van der Waals surface area contributed by atoms with Crippen LogP contribution in [0.5, 0.6) is 0 Å². The highest BCUT2D eigenvalue weighted by Gasteiger charge is 2.16. The average molecular weight is 184 g/mol. The van der Waals surface area contributed by atoms with Crippen LogP contribution in [0.15, 0.2) is 12.2 Å². The number of hydrogen-bond acceptors (Lipinski definition) is 1. The first-order valence-electron chi connectivity index (χ1n) is 5.46. The maximum atomic E-state index is 9.85. The van der Waals surface area contributed by atoms with Crippen molar-refractivity contribution in [2.75, 3.05) is 0 Å². The Bertz CT molecular complexity index is 140. The molecule has 0 aromatic rings. The van der Waals surface area contributed by atoms with E-state index in [4.69, 9.17) is 0 Å². The van der Waals surface area contributed by atoms with Gasteiger partial charge in [-0.1, -0.05) is 45.3 Å². The van der Waals surface area contributed by atoms with Crippen molar-refractivity contribution in [3.8, 4) is 0 Å². The lowest BCUT2D eigenvalue weighted by Gasteiger charge is -2.21. The maximum absolute atomic E-state index is 9.85. The molecule has 0 amide bonds. The lowest BCUT2D eigenvalue weighted by atomic mass is 9.90. The zero-order valence-electron chi connectivity index (χ0n) is 9.34. The minimum atomic E-state index is -0.172. The molecule has 0 heterocycles. The van der Waals surface area contributed by atoms with Gasteiger partial charge >= 0.3 is 0 Å². The third-order valence-corrected chi connectivity index (χ3v) is 2.64. The fourth-order valence-corrected chi connectivity index (χ4v) is 1.75. The van der Waals surface area contributed by atoms with E-state index in [2.05, 4.69) is 20.4 Å². The van der Waals surface area contributed by atoms with Gasteiger partial charge < -0.3 is 5.11 Å². The largest absolute Gasteiger partial charge is 0.393 e. The van der Waals surface area contributed by atoms with Gasteiger partial charge in [0.2, 0.25) is 0 Å². The van der Waals surface area contributed by atoms with Crippen LogP contribution in [-0.4, -0.2) is 11.2 Å². The van der Waals surface area contributed by atoms with Crippen molar-refractivity contribution in [1.29, 1.82) is 0 Å². The molecule has 0 aliphatic heterocycles. The van der Waals surface area contributed by atoms with E-state index < -0.39 is 0 Å². The van der Waals surface area contributed by atoms with Gasteiger partial charge in [0.25, 0.3) is 0 Å². The van der Waals surface area contributed by atoms with Gasteiger partial charge in [0.15, 0.2) is 0 Å². The molecule has 0 radical (unpaired) electrons. The number of aliphatic hydroxyl groups is 1. The summed E-state index contributed by atoms with van der Waals surface area (Å²) < 4.78 is 0. The second-order valence-electron chi connectivity index (χ2n) is 3.92. The number of rotatable bonds is 7. The molecule has 0 aliphatic carbocycles. The Balaban J connectivity index is 3.77. The molecule has 78 valence electrons. The van der Waals surface area contributed by atoms with Crippen LogP contribution < -0.4 is 0 Å². The molecule has 0 bridgehead atoms. The van der Waals surface area contributed by atoms with E-state index in [0.717, 1.165) is 24.8 Å². The summed E-state index contributed by atoms with van der Waals surface area (Å²) in [5, 5.41) is 9.85. The molecule has 2 atom stereocenters. The summed E-state index contributed by atoms with van der Waals surface area (Å²) in [4.78, 5) is 0. The summed E-state index contributed by atoms with van der Waals surface area (Å²) in [7, 11) is 0. The van der Waals surface area contributed by atoms with E-state index in [-0.39, 0.29) is 6.10 Å². The van der Waals surface area contributed by atoms with Crippen molar-refractivity contribution in [2.24, 2.45) is 5.92 Å². The van der Waals surface area contributed by atoms with Crippen molar-refractivity contribution in [2.45, 2.75) is 59.0 Å². The second kappa shape index (κ2) is 7.14. The monoisotopic (exact) mass is 184 g/mol. The van der Waals surface area contributed by atoms with Crippen molar-refractivity contribution in [3.05, 3.63) is 12.2 Å². The maximum Gasteiger partial charge on any atom is 0.0605 e. The first-order chi connectivity index (χ1) is 6.13. The van der Waals surface area contributed by atoms with Crippen molar-refractivity contribution in [3.63, 3.8) is 0 Å². The van der Waals surface area contributed by atoms with E-state index in [1.54, 1.807) is 0 Å². The molecule has 1 N–H and O–H groups in total. The molecular weight excluding hydrogens is 160 g/mol. The van der Waals surface area contributed by atoms with Crippen LogP contribution in [0.1, 0.15) is 52.9 Å². The third-order valence-electron chi connectivity index (χ3n) is 2.64. The average Bonchev–Trinajstić information content (AvgIpc) is 2.05. The summed E-state index contributed by atoms with van der Waals surface area (Å²) in [6, 6.07) is 0. The molecule has 13 heavy (non-hydrogen) atoms. The second-order valence-corrected chi connectivity index (χ2v) is 3.92. The highest BCUT2D eigenvalue weighted by atomic mass is 16.3. The SMILES string of the molecule is C=C(C)C(CC)C(O)CCCCC. The lowest BCUT2D eigenvalue weighted by Crippen LogP contribution is -2.20. The highest BCUT2D eigenvalue weighted by Crippen LogP contribution is 2.21. The Labute approximate surface area is 82.9 Å². The number of aliphatic hydroxyl groups excluding tert-OH is 1. The van der Waals surface area contributed by atoms with Crippen LogP contribution >= 0.6 is 0 Å². The van der Waals surface area contributed by atoms with Gasteiger partial charge in [-0.3, -0.25) is 0 Å². The molecule has 0 rings (SSSR count). The fraction of sp³-hybridized carbons (Fsp3) is 0.833. The van der Waals surface area contributed by atoms with E-state index in [9.17, 15) is 5.11 Å². The van der Waals surface area contributed by atoms with Crippen molar-refractivity contribution < 1.29 is 5.11 Å². The van der Waals surface area contributed by atoms with Crippen LogP contribution in [0, 0.1) is 5.92 Å². The van der Waals surface area contributed by atoms with Crippen molar-refractivity contribution >= 4 is 0 Å². The Morgan fingerprint density at radius 1 is 1.31 bits per heavy atom. The number of hydrogen-bond donors (Lipinski definition) is 1. The van der Waals surface area contributed by atoms with Crippen LogP contribution in [0.4, 0.5) is 0 Å². The standard InChI is InChI=1S/C12H24O/c1-5-7-8-9-12(13)11(6-2)10(3)4/h11-13H,3,5-9H2,1-2,4H3. The third kappa shape index (κ3) is 5.09. The Kier molecular flexibility index (Phi) is 6.97. The van der Waals surface area contributed by atoms with E-state index in [0.29, 0.717) is 5.92 Å².